The van der Waals surface area contributed by atoms with Gasteiger partial charge in [-0.3, -0.25) is 9.78 Å². The van der Waals surface area contributed by atoms with Gasteiger partial charge in [0.1, 0.15) is 0 Å². The maximum atomic E-state index is 13.3. The van der Waals surface area contributed by atoms with Crippen LogP contribution in [-0.2, 0) is 0 Å². The van der Waals surface area contributed by atoms with E-state index in [4.69, 9.17) is 5.73 Å². The van der Waals surface area contributed by atoms with E-state index in [1.165, 1.54) is 12.3 Å². The molecule has 0 saturated carbocycles. The minimum Gasteiger partial charge on any atom is -0.339 e. The van der Waals surface area contributed by atoms with Gasteiger partial charge in [-0.2, -0.15) is 0 Å². The van der Waals surface area contributed by atoms with Crippen LogP contribution in [0.25, 0.3) is 0 Å². The summed E-state index contributed by atoms with van der Waals surface area (Å²) in [4.78, 5) is 17.1. The lowest BCUT2D eigenvalue weighted by molar-refractivity contribution is 0.0758. The molecular weight excluding hydrogens is 209 g/mol. The summed E-state index contributed by atoms with van der Waals surface area (Å²) >= 11 is 0. The van der Waals surface area contributed by atoms with Gasteiger partial charge in [-0.05, 0) is 26.0 Å². The molecule has 0 spiro atoms. The first-order valence-corrected chi connectivity index (χ1v) is 5.29. The molecule has 4 nitrogen and oxygen atoms in total. The van der Waals surface area contributed by atoms with E-state index in [1.807, 2.05) is 6.92 Å². The average Bonchev–Trinajstić information content (AvgIpc) is 2.30. The van der Waals surface area contributed by atoms with Gasteiger partial charge in [-0.25, -0.2) is 4.39 Å². The first-order valence-electron chi connectivity index (χ1n) is 5.29. The van der Waals surface area contributed by atoms with Crippen LogP contribution in [0.3, 0.4) is 0 Å². The molecule has 1 aromatic heterocycles. The topological polar surface area (TPSA) is 59.2 Å². The zero-order chi connectivity index (χ0) is 12.0. The first-order chi connectivity index (χ1) is 7.70. The molecule has 0 bridgehead atoms. The Balaban J connectivity index is 2.79. The summed E-state index contributed by atoms with van der Waals surface area (Å²) in [7, 11) is 0. The minimum atomic E-state index is -0.585. The van der Waals surface area contributed by atoms with Gasteiger partial charge in [-0.1, -0.05) is 0 Å². The number of nitrogens with zero attached hydrogens (tertiary/aromatic N) is 2. The predicted octanol–water partition coefficient (Wildman–Crippen LogP) is 1.03. The van der Waals surface area contributed by atoms with Gasteiger partial charge in [0.05, 0.1) is 11.8 Å². The highest BCUT2D eigenvalue weighted by Crippen LogP contribution is 2.08. The Labute approximate surface area is 94.3 Å². The second-order valence-electron chi connectivity index (χ2n) is 3.38. The third kappa shape index (κ3) is 3.00. The summed E-state index contributed by atoms with van der Waals surface area (Å²) in [5, 5.41) is 0. The van der Waals surface area contributed by atoms with Gasteiger partial charge in [0.15, 0.2) is 5.82 Å². The Morgan fingerprint density at radius 1 is 1.62 bits per heavy atom. The molecule has 2 N–H and O–H groups in total. The second-order valence-corrected chi connectivity index (χ2v) is 3.38. The van der Waals surface area contributed by atoms with Gasteiger partial charge in [0, 0.05) is 19.3 Å². The summed E-state index contributed by atoms with van der Waals surface area (Å²) in [5.74, 6) is -0.894. The van der Waals surface area contributed by atoms with Gasteiger partial charge >= 0.3 is 0 Å². The van der Waals surface area contributed by atoms with Crippen LogP contribution in [0.2, 0.25) is 0 Å². The quantitative estimate of drug-likeness (QED) is 0.814. The molecule has 0 fully saturated rings. The monoisotopic (exact) mass is 225 g/mol. The van der Waals surface area contributed by atoms with E-state index in [2.05, 4.69) is 4.98 Å². The number of carbonyl (C=O) groups is 1. The van der Waals surface area contributed by atoms with Crippen molar-refractivity contribution in [2.24, 2.45) is 5.73 Å². The normalized spacial score (nSPS) is 10.2. The fourth-order valence-corrected chi connectivity index (χ4v) is 1.40. The zero-order valence-corrected chi connectivity index (χ0v) is 9.32. The Morgan fingerprint density at radius 2 is 2.38 bits per heavy atom. The summed E-state index contributed by atoms with van der Waals surface area (Å²) in [6, 6.07) is 1.39. The number of amides is 1. The molecule has 1 amide bonds. The number of rotatable bonds is 5. The van der Waals surface area contributed by atoms with E-state index in [9.17, 15) is 9.18 Å². The average molecular weight is 225 g/mol. The number of hydrogen-bond donors (Lipinski definition) is 1. The van der Waals surface area contributed by atoms with Gasteiger partial charge in [0.25, 0.3) is 5.91 Å². The molecule has 0 aromatic carbocycles. The molecular formula is C11H16FN3O. The molecule has 0 unspecified atom stereocenters. The lowest BCUT2D eigenvalue weighted by Gasteiger charge is -2.20. The van der Waals surface area contributed by atoms with E-state index >= 15 is 0 Å². The van der Waals surface area contributed by atoms with E-state index in [0.717, 1.165) is 6.20 Å². The zero-order valence-electron chi connectivity index (χ0n) is 9.32. The molecule has 0 aliphatic heterocycles. The standard InChI is InChI=1S/C11H16FN3O/c1-2-15(7-3-5-13)11(16)9-4-6-14-8-10(9)12/h4,6,8H,2-3,5,7,13H2,1H3. The lowest BCUT2D eigenvalue weighted by atomic mass is 10.2. The Kier molecular flexibility index (Phi) is 4.85. The van der Waals surface area contributed by atoms with Crippen LogP contribution < -0.4 is 5.73 Å². The Hall–Kier alpha value is -1.49. The van der Waals surface area contributed by atoms with Gasteiger partial charge in [-0.15, -0.1) is 0 Å². The summed E-state index contributed by atoms with van der Waals surface area (Å²) < 4.78 is 13.3. The lowest BCUT2D eigenvalue weighted by Crippen LogP contribution is -2.33. The number of hydrogen-bond acceptors (Lipinski definition) is 3. The molecule has 0 atom stereocenters. The Bertz CT molecular complexity index is 357. The predicted molar refractivity (Wildman–Crippen MR) is 59.4 cm³/mol. The number of aromatic nitrogens is 1. The van der Waals surface area contributed by atoms with Crippen LogP contribution in [0.4, 0.5) is 4.39 Å². The molecule has 1 rings (SSSR count). The van der Waals surface area contributed by atoms with Crippen molar-refractivity contribution in [3.05, 3.63) is 29.8 Å². The number of halogens is 1. The molecule has 1 aromatic rings. The smallest absolute Gasteiger partial charge is 0.256 e. The number of nitrogens with two attached hydrogens (primary N) is 1. The second kappa shape index (κ2) is 6.17. The van der Waals surface area contributed by atoms with Crippen molar-refractivity contribution in [3.63, 3.8) is 0 Å². The van der Waals surface area contributed by atoms with Crippen molar-refractivity contribution in [1.29, 1.82) is 0 Å². The van der Waals surface area contributed by atoms with Gasteiger partial charge < -0.3 is 10.6 Å². The third-order valence-electron chi connectivity index (χ3n) is 2.30. The Morgan fingerprint density at radius 3 is 2.94 bits per heavy atom. The minimum absolute atomic E-state index is 0.0638. The maximum Gasteiger partial charge on any atom is 0.256 e. The SMILES string of the molecule is CCN(CCCN)C(=O)c1ccncc1F. The van der Waals surface area contributed by atoms with Crippen molar-refractivity contribution < 1.29 is 9.18 Å². The fraction of sp³-hybridized carbons (Fsp3) is 0.455. The summed E-state index contributed by atoms with van der Waals surface area (Å²) in [6.07, 6.45) is 3.17. The van der Waals surface area contributed by atoms with Crippen LogP contribution in [-0.4, -0.2) is 35.4 Å². The summed E-state index contributed by atoms with van der Waals surface area (Å²) in [6.45, 7) is 3.46. The molecule has 0 aliphatic rings. The van der Waals surface area contributed by atoms with Crippen LogP contribution in [0.15, 0.2) is 18.5 Å². The molecule has 88 valence electrons. The third-order valence-corrected chi connectivity index (χ3v) is 2.30. The largest absolute Gasteiger partial charge is 0.339 e. The van der Waals surface area contributed by atoms with E-state index in [0.29, 0.717) is 26.1 Å². The summed E-state index contributed by atoms with van der Waals surface area (Å²) in [5.41, 5.74) is 5.44. The molecule has 5 heteroatoms. The van der Waals surface area contributed by atoms with Crippen molar-refractivity contribution in [2.45, 2.75) is 13.3 Å². The first kappa shape index (κ1) is 12.6. The van der Waals surface area contributed by atoms with Crippen LogP contribution in [0, 0.1) is 5.82 Å². The van der Waals surface area contributed by atoms with Crippen molar-refractivity contribution in [2.75, 3.05) is 19.6 Å². The van der Waals surface area contributed by atoms with Crippen LogP contribution in [0.1, 0.15) is 23.7 Å². The molecule has 0 aliphatic carbocycles. The number of pyridine rings is 1. The van der Waals surface area contributed by atoms with Crippen molar-refractivity contribution >= 4 is 5.91 Å². The highest BCUT2D eigenvalue weighted by molar-refractivity contribution is 5.94. The number of carbonyl (C=O) groups excluding carboxylic acids is 1. The highest BCUT2D eigenvalue weighted by atomic mass is 19.1. The van der Waals surface area contributed by atoms with Crippen molar-refractivity contribution in [1.82, 2.24) is 9.88 Å². The molecule has 0 saturated heterocycles. The maximum absolute atomic E-state index is 13.3. The molecule has 1 heterocycles. The van der Waals surface area contributed by atoms with E-state index in [-0.39, 0.29) is 11.5 Å². The van der Waals surface area contributed by atoms with Crippen molar-refractivity contribution in [3.8, 4) is 0 Å². The van der Waals surface area contributed by atoms with Crippen LogP contribution >= 0.6 is 0 Å². The van der Waals surface area contributed by atoms with E-state index < -0.39 is 5.82 Å². The highest BCUT2D eigenvalue weighted by Gasteiger charge is 2.17. The van der Waals surface area contributed by atoms with Crippen LogP contribution in [0.5, 0.6) is 0 Å². The fourth-order valence-electron chi connectivity index (χ4n) is 1.40. The van der Waals surface area contributed by atoms with E-state index in [1.54, 1.807) is 4.90 Å². The molecule has 0 radical (unpaired) electrons. The molecule has 16 heavy (non-hydrogen) atoms. The van der Waals surface area contributed by atoms with Gasteiger partial charge in [0.2, 0.25) is 0 Å².